The number of benzene rings is 3. The molecule has 0 amide bonds. The molecule has 1 saturated heterocycles. The molecule has 0 bridgehead atoms. The molecule has 3 aromatic carbocycles. The Kier molecular flexibility index (Phi) is 9.74. The number of aliphatic hydroxyl groups excluding tert-OH is 1. The van der Waals surface area contributed by atoms with Crippen LogP contribution in [0.25, 0.3) is 6.08 Å². The lowest BCUT2D eigenvalue weighted by Gasteiger charge is -2.38. The van der Waals surface area contributed by atoms with Gasteiger partial charge >= 0.3 is 0 Å². The van der Waals surface area contributed by atoms with Gasteiger partial charge in [0.25, 0.3) is 0 Å². The van der Waals surface area contributed by atoms with Crippen molar-refractivity contribution >= 4 is 6.08 Å². The molecule has 0 aliphatic carbocycles. The van der Waals surface area contributed by atoms with Gasteiger partial charge in [0, 0.05) is 5.92 Å². The summed E-state index contributed by atoms with van der Waals surface area (Å²) in [5, 5.41) is 11.3. The largest absolute Gasteiger partial charge is 0.497 e. The molecular formula is C32H38O7. The Morgan fingerprint density at radius 2 is 1.51 bits per heavy atom. The molecular weight excluding hydrogens is 496 g/mol. The Morgan fingerprint density at radius 3 is 2.21 bits per heavy atom. The zero-order valence-electron chi connectivity index (χ0n) is 23.3. The second-order valence-electron chi connectivity index (χ2n) is 9.60. The lowest BCUT2D eigenvalue weighted by Crippen LogP contribution is -2.32. The third-order valence-electron chi connectivity index (χ3n) is 7.30. The third kappa shape index (κ3) is 6.67. The van der Waals surface area contributed by atoms with Crippen LogP contribution in [0.15, 0.2) is 66.7 Å². The van der Waals surface area contributed by atoms with Crippen molar-refractivity contribution in [3.8, 4) is 28.7 Å². The van der Waals surface area contributed by atoms with Gasteiger partial charge in [-0.25, -0.2) is 0 Å². The highest BCUT2D eigenvalue weighted by molar-refractivity contribution is 5.56. The van der Waals surface area contributed by atoms with Crippen LogP contribution in [0, 0.1) is 11.8 Å². The molecule has 7 nitrogen and oxygen atoms in total. The lowest BCUT2D eigenvalue weighted by atomic mass is 9.79. The predicted octanol–water partition coefficient (Wildman–Crippen LogP) is 6.26. The average molecular weight is 535 g/mol. The molecule has 0 spiro atoms. The van der Waals surface area contributed by atoms with Gasteiger partial charge in [-0.15, -0.1) is 0 Å². The zero-order chi connectivity index (χ0) is 27.8. The van der Waals surface area contributed by atoms with Crippen LogP contribution >= 0.6 is 0 Å². The standard InChI is InChI=1S/C32H38O7/c1-34-26-11-7-9-22(18-26)31(33)25-17-23(10-6-8-21-12-14-27(35-2)29(16-21)37-4)32(39-20-25)24-13-15-28(36-3)30(19-24)38-5/h6-9,11-16,18-19,23,25,31-33H,10,17,20H2,1-5H3/b8-6+/t23-,25-,31+,32-/m1/s1. The van der Waals surface area contributed by atoms with E-state index < -0.39 is 6.10 Å². The zero-order valence-corrected chi connectivity index (χ0v) is 23.3. The molecule has 1 aliphatic heterocycles. The highest BCUT2D eigenvalue weighted by Crippen LogP contribution is 2.44. The van der Waals surface area contributed by atoms with Crippen LogP contribution in [-0.4, -0.2) is 47.3 Å². The van der Waals surface area contributed by atoms with E-state index in [0.717, 1.165) is 35.3 Å². The van der Waals surface area contributed by atoms with Crippen molar-refractivity contribution in [2.75, 3.05) is 42.2 Å². The highest BCUT2D eigenvalue weighted by Gasteiger charge is 2.36. The van der Waals surface area contributed by atoms with Gasteiger partial charge in [0.05, 0.1) is 54.4 Å². The molecule has 1 heterocycles. The van der Waals surface area contributed by atoms with Gasteiger partial charge in [0.2, 0.25) is 0 Å². The van der Waals surface area contributed by atoms with Gasteiger partial charge in [-0.05, 0) is 71.8 Å². The van der Waals surface area contributed by atoms with E-state index in [1.165, 1.54) is 0 Å². The molecule has 1 N–H and O–H groups in total. The monoisotopic (exact) mass is 534 g/mol. The summed E-state index contributed by atoms with van der Waals surface area (Å²) in [5.41, 5.74) is 2.86. The highest BCUT2D eigenvalue weighted by atomic mass is 16.5. The van der Waals surface area contributed by atoms with Gasteiger partial charge in [0.1, 0.15) is 5.75 Å². The van der Waals surface area contributed by atoms with E-state index in [0.29, 0.717) is 29.6 Å². The van der Waals surface area contributed by atoms with Crippen LogP contribution in [0.3, 0.4) is 0 Å². The van der Waals surface area contributed by atoms with E-state index in [4.69, 9.17) is 28.4 Å². The van der Waals surface area contributed by atoms with Gasteiger partial charge < -0.3 is 33.5 Å². The number of ether oxygens (including phenoxy) is 6. The molecule has 0 saturated carbocycles. The van der Waals surface area contributed by atoms with Crippen LogP contribution in [0.1, 0.15) is 41.7 Å². The Balaban J connectivity index is 1.58. The molecule has 0 radical (unpaired) electrons. The molecule has 4 rings (SSSR count). The van der Waals surface area contributed by atoms with Crippen LogP contribution in [0.4, 0.5) is 0 Å². The maximum Gasteiger partial charge on any atom is 0.161 e. The first-order valence-electron chi connectivity index (χ1n) is 13.0. The van der Waals surface area contributed by atoms with Crippen molar-refractivity contribution < 1.29 is 33.5 Å². The molecule has 1 fully saturated rings. The van der Waals surface area contributed by atoms with Crippen molar-refractivity contribution in [3.05, 3.63) is 83.4 Å². The summed E-state index contributed by atoms with van der Waals surface area (Å²) in [4.78, 5) is 0. The van der Waals surface area contributed by atoms with Crippen molar-refractivity contribution in [3.63, 3.8) is 0 Å². The Bertz CT molecular complexity index is 1260. The normalized spacial score (nSPS) is 19.9. The fourth-order valence-electron chi connectivity index (χ4n) is 5.21. The van der Waals surface area contributed by atoms with E-state index in [2.05, 4.69) is 12.2 Å². The van der Waals surface area contributed by atoms with Gasteiger partial charge in [-0.1, -0.05) is 36.4 Å². The molecule has 7 heteroatoms. The van der Waals surface area contributed by atoms with Crippen molar-refractivity contribution in [1.29, 1.82) is 0 Å². The second kappa shape index (κ2) is 13.4. The number of allylic oxidation sites excluding steroid dienone is 1. The van der Waals surface area contributed by atoms with E-state index in [1.807, 2.05) is 60.7 Å². The van der Waals surface area contributed by atoms with Crippen LogP contribution in [0.2, 0.25) is 0 Å². The smallest absolute Gasteiger partial charge is 0.161 e. The van der Waals surface area contributed by atoms with E-state index in [-0.39, 0.29) is 17.9 Å². The number of methoxy groups -OCH3 is 5. The molecule has 4 atom stereocenters. The van der Waals surface area contributed by atoms with Crippen molar-refractivity contribution in [1.82, 2.24) is 0 Å². The first-order valence-corrected chi connectivity index (χ1v) is 13.0. The number of hydrogen-bond acceptors (Lipinski definition) is 7. The first-order chi connectivity index (χ1) is 19.0. The second-order valence-corrected chi connectivity index (χ2v) is 9.60. The SMILES string of the molecule is COc1cccc([C@H](O)[C@H]2CO[C@@H](c3ccc(OC)c(OC)c3)[C@H](C/C=C/c3ccc(OC)c(OC)c3)C2)c1. The van der Waals surface area contributed by atoms with Gasteiger partial charge in [-0.3, -0.25) is 0 Å². The topological polar surface area (TPSA) is 75.6 Å². The Morgan fingerprint density at radius 1 is 0.821 bits per heavy atom. The summed E-state index contributed by atoms with van der Waals surface area (Å²) < 4.78 is 33.6. The summed E-state index contributed by atoms with van der Waals surface area (Å²) in [6, 6.07) is 19.4. The molecule has 39 heavy (non-hydrogen) atoms. The fraction of sp³-hybridized carbons (Fsp3) is 0.375. The summed E-state index contributed by atoms with van der Waals surface area (Å²) in [5.74, 6) is 3.50. The minimum atomic E-state index is -0.663. The summed E-state index contributed by atoms with van der Waals surface area (Å²) >= 11 is 0. The summed E-state index contributed by atoms with van der Waals surface area (Å²) in [6.45, 7) is 0.438. The predicted molar refractivity (Wildman–Crippen MR) is 151 cm³/mol. The quantitative estimate of drug-likeness (QED) is 0.311. The van der Waals surface area contributed by atoms with Crippen molar-refractivity contribution in [2.45, 2.75) is 25.0 Å². The van der Waals surface area contributed by atoms with E-state index in [1.54, 1.807) is 35.5 Å². The fourth-order valence-corrected chi connectivity index (χ4v) is 5.21. The summed E-state index contributed by atoms with van der Waals surface area (Å²) in [7, 11) is 8.14. The molecule has 0 unspecified atom stereocenters. The van der Waals surface area contributed by atoms with Crippen LogP contribution in [0.5, 0.6) is 28.7 Å². The number of rotatable bonds is 11. The Hall–Kier alpha value is -3.68. The van der Waals surface area contributed by atoms with Crippen LogP contribution in [-0.2, 0) is 4.74 Å². The van der Waals surface area contributed by atoms with Crippen LogP contribution < -0.4 is 23.7 Å². The molecule has 0 aromatic heterocycles. The van der Waals surface area contributed by atoms with E-state index >= 15 is 0 Å². The van der Waals surface area contributed by atoms with Crippen molar-refractivity contribution in [2.24, 2.45) is 11.8 Å². The lowest BCUT2D eigenvalue weighted by molar-refractivity contribution is -0.0901. The number of aliphatic hydroxyl groups is 1. The molecule has 208 valence electrons. The van der Waals surface area contributed by atoms with Gasteiger partial charge in [-0.2, -0.15) is 0 Å². The Labute approximate surface area is 230 Å². The molecule has 3 aromatic rings. The van der Waals surface area contributed by atoms with E-state index in [9.17, 15) is 5.11 Å². The maximum atomic E-state index is 11.3. The van der Waals surface area contributed by atoms with Gasteiger partial charge in [0.15, 0.2) is 23.0 Å². The average Bonchev–Trinajstić information content (AvgIpc) is 3.00. The molecule has 1 aliphatic rings. The minimum absolute atomic E-state index is 0.0621. The first kappa shape index (κ1) is 28.3. The summed E-state index contributed by atoms with van der Waals surface area (Å²) in [6.07, 6.45) is 4.96. The third-order valence-corrected chi connectivity index (χ3v) is 7.30. The number of hydrogen-bond donors (Lipinski definition) is 1. The maximum absolute atomic E-state index is 11.3. The minimum Gasteiger partial charge on any atom is -0.497 e.